The van der Waals surface area contributed by atoms with Crippen LogP contribution in [0.2, 0.25) is 0 Å². The largest absolute Gasteiger partial charge is 0.493 e. The molecule has 4 fully saturated rings. The number of ether oxygens (including phenoxy) is 1. The fourth-order valence-electron chi connectivity index (χ4n) is 5.31. The number of rotatable bonds is 5. The van der Waals surface area contributed by atoms with Gasteiger partial charge in [-0.1, -0.05) is 17.7 Å². The van der Waals surface area contributed by atoms with Gasteiger partial charge >= 0.3 is 0 Å². The summed E-state index contributed by atoms with van der Waals surface area (Å²) < 4.78 is 5.68. The van der Waals surface area contributed by atoms with Crippen LogP contribution in [0.4, 0.5) is 0 Å². The van der Waals surface area contributed by atoms with Gasteiger partial charge in [-0.05, 0) is 74.8 Å². The highest BCUT2D eigenvalue weighted by Crippen LogP contribution is 2.53. The van der Waals surface area contributed by atoms with Crippen molar-refractivity contribution in [3.63, 3.8) is 0 Å². The summed E-state index contributed by atoms with van der Waals surface area (Å²) in [4.78, 5) is 12.3. The predicted molar refractivity (Wildman–Crippen MR) is 90.3 cm³/mol. The molecule has 4 bridgehead atoms. The number of nitrogens with one attached hydrogen (secondary N) is 1. The van der Waals surface area contributed by atoms with E-state index in [1.807, 2.05) is 24.3 Å². The van der Waals surface area contributed by atoms with Gasteiger partial charge < -0.3 is 10.1 Å². The van der Waals surface area contributed by atoms with Gasteiger partial charge in [-0.3, -0.25) is 4.79 Å². The standard InChI is InChI=1S/C20H27NO2/c1-13-2-4-18(5-3-13)23-7-6-19(22)21-20-16-9-14-8-15(11-16)12-17(20)10-14/h2-5,14-17,20H,6-12H2,1H3,(H,21,22). The Morgan fingerprint density at radius 1 is 1.04 bits per heavy atom. The molecule has 0 unspecified atom stereocenters. The first-order valence-electron chi connectivity index (χ1n) is 9.16. The first-order valence-corrected chi connectivity index (χ1v) is 9.16. The molecule has 0 heterocycles. The Hall–Kier alpha value is -1.51. The zero-order valence-electron chi connectivity index (χ0n) is 14.0. The monoisotopic (exact) mass is 313 g/mol. The first-order chi connectivity index (χ1) is 11.2. The number of aryl methyl sites for hydroxylation is 1. The SMILES string of the molecule is Cc1ccc(OCCC(=O)NC2C3CC4CC(C3)CC2C4)cc1. The Bertz CT molecular complexity index is 538. The summed E-state index contributed by atoms with van der Waals surface area (Å²) in [6.07, 6.45) is 7.29. The lowest BCUT2D eigenvalue weighted by molar-refractivity contribution is -0.125. The van der Waals surface area contributed by atoms with Gasteiger partial charge in [0.2, 0.25) is 5.91 Å². The molecule has 4 aliphatic rings. The summed E-state index contributed by atoms with van der Waals surface area (Å²) in [6.45, 7) is 2.52. The zero-order valence-corrected chi connectivity index (χ0v) is 14.0. The lowest BCUT2D eigenvalue weighted by Gasteiger charge is -2.54. The minimum Gasteiger partial charge on any atom is -0.493 e. The molecule has 1 aromatic carbocycles. The van der Waals surface area contributed by atoms with Crippen LogP contribution in [-0.2, 0) is 4.79 Å². The maximum Gasteiger partial charge on any atom is 0.223 e. The number of carbonyl (C=O) groups excluding carboxylic acids is 1. The fourth-order valence-corrected chi connectivity index (χ4v) is 5.31. The van der Waals surface area contributed by atoms with Crippen molar-refractivity contribution in [1.29, 1.82) is 0 Å². The smallest absolute Gasteiger partial charge is 0.223 e. The van der Waals surface area contributed by atoms with E-state index in [0.29, 0.717) is 19.1 Å². The molecule has 124 valence electrons. The number of carbonyl (C=O) groups is 1. The third-order valence-electron chi connectivity index (χ3n) is 6.17. The van der Waals surface area contributed by atoms with Crippen molar-refractivity contribution in [3.8, 4) is 5.75 Å². The van der Waals surface area contributed by atoms with E-state index in [0.717, 1.165) is 29.4 Å². The highest BCUT2D eigenvalue weighted by molar-refractivity contribution is 5.76. The number of amides is 1. The molecule has 1 amide bonds. The molecule has 1 aromatic rings. The summed E-state index contributed by atoms with van der Waals surface area (Å²) in [5.74, 6) is 4.40. The van der Waals surface area contributed by atoms with E-state index in [2.05, 4.69) is 12.2 Å². The fraction of sp³-hybridized carbons (Fsp3) is 0.650. The van der Waals surface area contributed by atoms with Gasteiger partial charge in [-0.15, -0.1) is 0 Å². The number of hydrogen-bond acceptors (Lipinski definition) is 2. The molecular weight excluding hydrogens is 286 g/mol. The average Bonchev–Trinajstić information content (AvgIpc) is 2.52. The molecule has 4 saturated carbocycles. The quantitative estimate of drug-likeness (QED) is 0.900. The Kier molecular flexibility index (Phi) is 4.04. The van der Waals surface area contributed by atoms with Crippen molar-refractivity contribution in [2.75, 3.05) is 6.61 Å². The summed E-state index contributed by atoms with van der Waals surface area (Å²) in [5.41, 5.74) is 1.22. The highest BCUT2D eigenvalue weighted by Gasteiger charge is 2.48. The van der Waals surface area contributed by atoms with Gasteiger partial charge in [0, 0.05) is 6.04 Å². The van der Waals surface area contributed by atoms with E-state index in [-0.39, 0.29) is 5.91 Å². The van der Waals surface area contributed by atoms with E-state index in [9.17, 15) is 4.79 Å². The van der Waals surface area contributed by atoms with Crippen molar-refractivity contribution in [1.82, 2.24) is 5.32 Å². The van der Waals surface area contributed by atoms with Crippen LogP contribution >= 0.6 is 0 Å². The molecule has 0 aliphatic heterocycles. The minimum atomic E-state index is 0.162. The van der Waals surface area contributed by atoms with E-state index in [1.54, 1.807) is 0 Å². The van der Waals surface area contributed by atoms with Crippen LogP contribution < -0.4 is 10.1 Å². The van der Waals surface area contributed by atoms with Crippen LogP contribution in [0, 0.1) is 30.6 Å². The highest BCUT2D eigenvalue weighted by atomic mass is 16.5. The Labute approximate surface area is 138 Å². The molecule has 1 N–H and O–H groups in total. The van der Waals surface area contributed by atoms with E-state index < -0.39 is 0 Å². The molecular formula is C20H27NO2. The van der Waals surface area contributed by atoms with Crippen molar-refractivity contribution < 1.29 is 9.53 Å². The number of benzene rings is 1. The van der Waals surface area contributed by atoms with E-state index in [1.165, 1.54) is 37.7 Å². The zero-order chi connectivity index (χ0) is 15.8. The van der Waals surface area contributed by atoms with Gasteiger partial charge in [-0.2, -0.15) is 0 Å². The third-order valence-corrected chi connectivity index (χ3v) is 6.17. The van der Waals surface area contributed by atoms with Gasteiger partial charge in [0.15, 0.2) is 0 Å². The van der Waals surface area contributed by atoms with E-state index in [4.69, 9.17) is 4.74 Å². The topological polar surface area (TPSA) is 38.3 Å². The van der Waals surface area contributed by atoms with Crippen LogP contribution in [0.25, 0.3) is 0 Å². The summed E-state index contributed by atoms with van der Waals surface area (Å²) >= 11 is 0. The van der Waals surface area contributed by atoms with Crippen molar-refractivity contribution >= 4 is 5.91 Å². The molecule has 5 rings (SSSR count). The van der Waals surface area contributed by atoms with Gasteiger partial charge in [-0.25, -0.2) is 0 Å². The van der Waals surface area contributed by atoms with Crippen LogP contribution in [0.5, 0.6) is 5.75 Å². The second-order valence-electron chi connectivity index (χ2n) is 7.94. The van der Waals surface area contributed by atoms with Crippen LogP contribution in [0.1, 0.15) is 44.1 Å². The molecule has 0 spiro atoms. The molecule has 4 aliphatic carbocycles. The molecule has 23 heavy (non-hydrogen) atoms. The minimum absolute atomic E-state index is 0.162. The molecule has 0 radical (unpaired) electrons. The summed E-state index contributed by atoms with van der Waals surface area (Å²) in [7, 11) is 0. The van der Waals surface area contributed by atoms with Crippen molar-refractivity contribution in [3.05, 3.63) is 29.8 Å². The molecule has 0 aromatic heterocycles. The Morgan fingerprint density at radius 2 is 1.65 bits per heavy atom. The van der Waals surface area contributed by atoms with Crippen molar-refractivity contribution in [2.24, 2.45) is 23.7 Å². The van der Waals surface area contributed by atoms with Crippen LogP contribution in [0.15, 0.2) is 24.3 Å². The molecule has 3 nitrogen and oxygen atoms in total. The lowest BCUT2D eigenvalue weighted by Crippen LogP contribution is -2.55. The van der Waals surface area contributed by atoms with Crippen molar-refractivity contribution in [2.45, 2.75) is 51.5 Å². The van der Waals surface area contributed by atoms with Gasteiger partial charge in [0.25, 0.3) is 0 Å². The van der Waals surface area contributed by atoms with Crippen LogP contribution in [-0.4, -0.2) is 18.6 Å². The van der Waals surface area contributed by atoms with Crippen LogP contribution in [0.3, 0.4) is 0 Å². The predicted octanol–water partition coefficient (Wildman–Crippen LogP) is 3.70. The number of hydrogen-bond donors (Lipinski definition) is 1. The summed E-state index contributed by atoms with van der Waals surface area (Å²) in [5, 5.41) is 3.34. The molecule has 0 atom stereocenters. The summed E-state index contributed by atoms with van der Waals surface area (Å²) in [6, 6.07) is 8.43. The molecule has 3 heteroatoms. The lowest BCUT2D eigenvalue weighted by atomic mass is 9.54. The Balaban J connectivity index is 1.25. The van der Waals surface area contributed by atoms with E-state index >= 15 is 0 Å². The Morgan fingerprint density at radius 3 is 2.26 bits per heavy atom. The second kappa shape index (κ2) is 6.18. The average molecular weight is 313 g/mol. The van der Waals surface area contributed by atoms with Gasteiger partial charge in [0.1, 0.15) is 5.75 Å². The first kappa shape index (κ1) is 15.0. The molecule has 0 saturated heterocycles. The maximum absolute atomic E-state index is 12.3. The third kappa shape index (κ3) is 3.24. The maximum atomic E-state index is 12.3. The normalized spacial score (nSPS) is 34.4. The second-order valence-corrected chi connectivity index (χ2v) is 7.94. The van der Waals surface area contributed by atoms with Gasteiger partial charge in [0.05, 0.1) is 13.0 Å².